The van der Waals surface area contributed by atoms with E-state index in [2.05, 4.69) is 22.5 Å². The lowest BCUT2D eigenvalue weighted by Gasteiger charge is -2.36. The predicted molar refractivity (Wildman–Crippen MR) is 126 cm³/mol. The van der Waals surface area contributed by atoms with Crippen molar-refractivity contribution >= 4 is 34.8 Å². The molecule has 3 rings (SSSR count). The van der Waals surface area contributed by atoms with Crippen LogP contribution in [0.15, 0.2) is 54.7 Å². The van der Waals surface area contributed by atoms with Gasteiger partial charge in [0, 0.05) is 28.9 Å². The molecule has 2 atom stereocenters. The molecule has 2 aromatic carbocycles. The first-order chi connectivity index (χ1) is 14.9. The highest BCUT2D eigenvalue weighted by Gasteiger charge is 2.38. The Labute approximate surface area is 193 Å². The molecule has 1 saturated heterocycles. The minimum Gasteiger partial charge on any atom is -0.493 e. The summed E-state index contributed by atoms with van der Waals surface area (Å²) < 4.78 is 11.5. The lowest BCUT2D eigenvalue weighted by molar-refractivity contribution is -0.125. The van der Waals surface area contributed by atoms with Crippen LogP contribution < -0.4 is 25.4 Å². The van der Waals surface area contributed by atoms with Gasteiger partial charge in [-0.2, -0.15) is 0 Å². The highest BCUT2D eigenvalue weighted by molar-refractivity contribution is 7.80. The van der Waals surface area contributed by atoms with Gasteiger partial charge in [-0.15, -0.1) is 0 Å². The maximum atomic E-state index is 13.2. The maximum absolute atomic E-state index is 13.2. The predicted octanol–water partition coefficient (Wildman–Crippen LogP) is 4.10. The van der Waals surface area contributed by atoms with Gasteiger partial charge in [-0.05, 0) is 30.3 Å². The van der Waals surface area contributed by atoms with E-state index in [1.165, 1.54) is 0 Å². The highest BCUT2D eigenvalue weighted by Crippen LogP contribution is 2.42. The smallest absolute Gasteiger partial charge is 0.231 e. The number of amides is 1. The zero-order valence-corrected chi connectivity index (χ0v) is 19.1. The third-order valence-corrected chi connectivity index (χ3v) is 5.35. The van der Waals surface area contributed by atoms with Gasteiger partial charge in [0.15, 0.2) is 16.6 Å². The number of ether oxygens (including phenoxy) is 2. The average molecular weight is 460 g/mol. The zero-order valence-electron chi connectivity index (χ0n) is 17.5. The summed E-state index contributed by atoms with van der Waals surface area (Å²) in [6, 6.07) is 12.6. The molecule has 0 aliphatic carbocycles. The molecule has 1 amide bonds. The largest absolute Gasteiger partial charge is 0.493 e. The first-order valence-corrected chi connectivity index (χ1v) is 10.8. The van der Waals surface area contributed by atoms with E-state index < -0.39 is 12.0 Å². The second-order valence-electron chi connectivity index (χ2n) is 7.16. The molecule has 0 bridgehead atoms. The normalized spacial score (nSPS) is 18.0. The molecule has 8 heteroatoms. The summed E-state index contributed by atoms with van der Waals surface area (Å²) >= 11 is 11.7. The lowest BCUT2D eigenvalue weighted by atomic mass is 9.87. The molecule has 31 heavy (non-hydrogen) atoms. The van der Waals surface area contributed by atoms with Gasteiger partial charge < -0.3 is 25.4 Å². The van der Waals surface area contributed by atoms with Crippen molar-refractivity contribution in [2.45, 2.75) is 25.9 Å². The van der Waals surface area contributed by atoms with E-state index in [1.54, 1.807) is 19.2 Å². The van der Waals surface area contributed by atoms with Gasteiger partial charge in [-0.1, -0.05) is 55.4 Å². The van der Waals surface area contributed by atoms with Crippen LogP contribution in [0.5, 0.6) is 11.5 Å². The van der Waals surface area contributed by atoms with E-state index in [4.69, 9.17) is 33.3 Å². The lowest BCUT2D eigenvalue weighted by Crippen LogP contribution is -2.52. The fraction of sp³-hybridized carbons (Fsp3) is 0.304. The summed E-state index contributed by atoms with van der Waals surface area (Å²) in [5.74, 6) is 0.185. The Hall–Kier alpha value is -2.77. The van der Waals surface area contributed by atoms with Crippen molar-refractivity contribution in [3.8, 4) is 11.5 Å². The van der Waals surface area contributed by atoms with Gasteiger partial charge in [0.05, 0.1) is 19.8 Å². The van der Waals surface area contributed by atoms with Crippen molar-refractivity contribution in [3.05, 3.63) is 70.9 Å². The summed E-state index contributed by atoms with van der Waals surface area (Å²) in [7, 11) is 1.55. The summed E-state index contributed by atoms with van der Waals surface area (Å²) in [6.07, 6.45) is 0.816. The van der Waals surface area contributed by atoms with E-state index in [1.807, 2.05) is 37.3 Å². The number of thiocarbonyl (C=S) groups is 1. The van der Waals surface area contributed by atoms with E-state index >= 15 is 0 Å². The fourth-order valence-electron chi connectivity index (χ4n) is 3.48. The van der Waals surface area contributed by atoms with Crippen molar-refractivity contribution in [3.63, 3.8) is 0 Å². The molecule has 0 aromatic heterocycles. The summed E-state index contributed by atoms with van der Waals surface area (Å²) in [4.78, 5) is 13.2. The number of rotatable bonds is 8. The van der Waals surface area contributed by atoms with Crippen LogP contribution in [0, 0.1) is 5.92 Å². The Morgan fingerprint density at radius 2 is 2.03 bits per heavy atom. The Morgan fingerprint density at radius 1 is 1.29 bits per heavy atom. The second kappa shape index (κ2) is 10.5. The third kappa shape index (κ3) is 5.48. The minimum atomic E-state index is -0.650. The molecular weight excluding hydrogens is 434 g/mol. The SMILES string of the molecule is C=C1NC(=S)N[C@@H](c2cc(Cl)cc(OC)c2OCCC)[C@@H]1C(=O)NCc1ccccc1. The van der Waals surface area contributed by atoms with E-state index in [0.29, 0.717) is 46.0 Å². The van der Waals surface area contributed by atoms with Gasteiger partial charge >= 0.3 is 0 Å². The van der Waals surface area contributed by atoms with Crippen molar-refractivity contribution in [1.82, 2.24) is 16.0 Å². The van der Waals surface area contributed by atoms with Crippen LogP contribution in [0.4, 0.5) is 0 Å². The quantitative estimate of drug-likeness (QED) is 0.516. The molecule has 1 heterocycles. The molecule has 1 aliphatic heterocycles. The maximum Gasteiger partial charge on any atom is 0.231 e. The minimum absolute atomic E-state index is 0.193. The van der Waals surface area contributed by atoms with Crippen LogP contribution in [-0.4, -0.2) is 24.7 Å². The Kier molecular flexibility index (Phi) is 7.76. The summed E-state index contributed by atoms with van der Waals surface area (Å²) in [5, 5.41) is 10.0. The number of carbonyl (C=O) groups excluding carboxylic acids is 1. The summed E-state index contributed by atoms with van der Waals surface area (Å²) in [6.45, 7) is 6.96. The standard InChI is InChI=1S/C23H26ClN3O3S/c1-4-10-30-21-17(11-16(24)12-18(21)29-3)20-19(14(2)26-23(31)27-20)22(28)25-13-15-8-6-5-7-9-15/h5-9,11-12,19-20H,2,4,10,13H2,1,3H3,(H,25,28)(H2,26,27,31)/t19-,20+/m1/s1. The highest BCUT2D eigenvalue weighted by atomic mass is 35.5. The van der Waals surface area contributed by atoms with Crippen LogP contribution in [0.25, 0.3) is 0 Å². The van der Waals surface area contributed by atoms with Gasteiger partial charge in [-0.3, -0.25) is 4.79 Å². The number of hydrogen-bond donors (Lipinski definition) is 3. The number of hydrogen-bond acceptors (Lipinski definition) is 4. The molecule has 0 spiro atoms. The van der Waals surface area contributed by atoms with Crippen molar-refractivity contribution in [2.75, 3.05) is 13.7 Å². The molecule has 1 aliphatic rings. The number of nitrogens with one attached hydrogen (secondary N) is 3. The van der Waals surface area contributed by atoms with E-state index in [-0.39, 0.29) is 5.91 Å². The molecule has 0 saturated carbocycles. The second-order valence-corrected chi connectivity index (χ2v) is 8.00. The molecule has 1 fully saturated rings. The van der Waals surface area contributed by atoms with Crippen molar-refractivity contribution in [1.29, 1.82) is 0 Å². The Balaban J connectivity index is 1.96. The average Bonchev–Trinajstić information content (AvgIpc) is 2.76. The molecule has 0 radical (unpaired) electrons. The number of halogens is 1. The molecule has 6 nitrogen and oxygen atoms in total. The Morgan fingerprint density at radius 3 is 2.71 bits per heavy atom. The third-order valence-electron chi connectivity index (χ3n) is 4.92. The summed E-state index contributed by atoms with van der Waals surface area (Å²) in [5.41, 5.74) is 2.18. The van der Waals surface area contributed by atoms with Gasteiger partial charge in [0.25, 0.3) is 0 Å². The van der Waals surface area contributed by atoms with Crippen LogP contribution in [0.2, 0.25) is 5.02 Å². The zero-order chi connectivity index (χ0) is 22.4. The molecule has 164 valence electrons. The number of methoxy groups -OCH3 is 1. The van der Waals surface area contributed by atoms with Crippen molar-refractivity contribution < 1.29 is 14.3 Å². The van der Waals surface area contributed by atoms with Crippen LogP contribution in [-0.2, 0) is 11.3 Å². The first kappa shape index (κ1) is 22.9. The first-order valence-electron chi connectivity index (χ1n) is 10.0. The number of benzene rings is 2. The van der Waals surface area contributed by atoms with Crippen LogP contribution >= 0.6 is 23.8 Å². The van der Waals surface area contributed by atoms with E-state index in [0.717, 1.165) is 12.0 Å². The van der Waals surface area contributed by atoms with Gasteiger partial charge in [-0.25, -0.2) is 0 Å². The molecule has 0 unspecified atom stereocenters. The molecule has 2 aromatic rings. The number of carbonyl (C=O) groups is 1. The van der Waals surface area contributed by atoms with Crippen molar-refractivity contribution in [2.24, 2.45) is 5.92 Å². The fourth-order valence-corrected chi connectivity index (χ4v) is 3.95. The van der Waals surface area contributed by atoms with Crippen LogP contribution in [0.3, 0.4) is 0 Å². The molecule has 3 N–H and O–H groups in total. The monoisotopic (exact) mass is 459 g/mol. The van der Waals surface area contributed by atoms with E-state index in [9.17, 15) is 4.79 Å². The topological polar surface area (TPSA) is 71.6 Å². The molecular formula is C23H26ClN3O3S. The van der Waals surface area contributed by atoms with Crippen LogP contribution in [0.1, 0.15) is 30.5 Å². The van der Waals surface area contributed by atoms with Gasteiger partial charge in [0.2, 0.25) is 5.91 Å². The Bertz CT molecular complexity index is 968. The van der Waals surface area contributed by atoms with Gasteiger partial charge in [0.1, 0.15) is 5.92 Å².